The van der Waals surface area contributed by atoms with E-state index in [0.717, 1.165) is 11.9 Å². The van der Waals surface area contributed by atoms with Gasteiger partial charge >= 0.3 is 0 Å². The fraction of sp³-hybridized carbons (Fsp3) is 0.227. The number of nitrogens with zero attached hydrogens (tertiary/aromatic N) is 4. The maximum Gasteiger partial charge on any atom is 0.249 e. The Morgan fingerprint density at radius 1 is 1.06 bits per heavy atom. The van der Waals surface area contributed by atoms with Crippen LogP contribution in [0.15, 0.2) is 53.7 Å². The summed E-state index contributed by atoms with van der Waals surface area (Å²) < 4.78 is 31.3. The first-order valence-electron chi connectivity index (χ1n) is 9.70. The van der Waals surface area contributed by atoms with Crippen LogP contribution >= 0.6 is 0 Å². The molecule has 0 atom stereocenters. The van der Waals surface area contributed by atoms with E-state index in [1.54, 1.807) is 30.0 Å². The van der Waals surface area contributed by atoms with Gasteiger partial charge in [-0.05, 0) is 35.7 Å². The number of anilines is 1. The van der Waals surface area contributed by atoms with Crippen molar-refractivity contribution in [2.24, 2.45) is 0 Å². The van der Waals surface area contributed by atoms with Crippen LogP contribution in [0.25, 0.3) is 28.0 Å². The normalized spacial score (nSPS) is 11.9. The Bertz CT molecular complexity index is 1380. The lowest BCUT2D eigenvalue weighted by atomic mass is 10.0. The highest BCUT2D eigenvalue weighted by molar-refractivity contribution is 7.90. The first kappa shape index (κ1) is 20.8. The molecule has 4 aromatic rings. The van der Waals surface area contributed by atoms with Gasteiger partial charge in [0.25, 0.3) is 0 Å². The molecule has 8 nitrogen and oxygen atoms in total. The fourth-order valence-electron chi connectivity index (χ4n) is 3.33. The van der Waals surface area contributed by atoms with E-state index in [9.17, 15) is 8.42 Å². The molecule has 2 N–H and O–H groups in total. The number of fused-ring (bicyclic) bond motifs is 1. The maximum atomic E-state index is 12.2. The summed E-state index contributed by atoms with van der Waals surface area (Å²) in [6, 6.07) is 15.1. The summed E-state index contributed by atoms with van der Waals surface area (Å²) >= 11 is 0. The van der Waals surface area contributed by atoms with Crippen LogP contribution in [0.1, 0.15) is 25.3 Å². The lowest BCUT2D eigenvalue weighted by molar-refractivity contribution is 0.415. The van der Waals surface area contributed by atoms with E-state index >= 15 is 0 Å². The Morgan fingerprint density at radius 2 is 1.77 bits per heavy atom. The molecular formula is C22H23N5O3S. The van der Waals surface area contributed by atoms with E-state index in [1.807, 2.05) is 30.3 Å². The molecule has 0 saturated carbocycles. The minimum absolute atomic E-state index is 0.207. The number of hydrogen-bond acceptors (Lipinski definition) is 7. The second-order valence-electron chi connectivity index (χ2n) is 7.60. The van der Waals surface area contributed by atoms with E-state index in [0.29, 0.717) is 34.1 Å². The van der Waals surface area contributed by atoms with E-state index < -0.39 is 9.84 Å². The molecular weight excluding hydrogens is 414 g/mol. The zero-order valence-electron chi connectivity index (χ0n) is 17.7. The lowest BCUT2D eigenvalue weighted by Gasteiger charge is -2.09. The summed E-state index contributed by atoms with van der Waals surface area (Å²) in [5.41, 5.74) is 9.65. The summed E-state index contributed by atoms with van der Waals surface area (Å²) in [5, 5.41) is 4.68. The van der Waals surface area contributed by atoms with Crippen LogP contribution in [0.3, 0.4) is 0 Å². The van der Waals surface area contributed by atoms with E-state index in [4.69, 9.17) is 10.5 Å². The highest BCUT2D eigenvalue weighted by Gasteiger charge is 2.23. The van der Waals surface area contributed by atoms with Crippen molar-refractivity contribution in [1.29, 1.82) is 0 Å². The zero-order chi connectivity index (χ0) is 22.3. The molecule has 0 aliphatic rings. The van der Waals surface area contributed by atoms with Crippen molar-refractivity contribution in [2.45, 2.75) is 24.9 Å². The van der Waals surface area contributed by atoms with Crippen LogP contribution in [0, 0.1) is 0 Å². The van der Waals surface area contributed by atoms with Gasteiger partial charge in [0.05, 0.1) is 23.9 Å². The molecule has 0 aliphatic carbocycles. The molecule has 0 aliphatic heterocycles. The van der Waals surface area contributed by atoms with Crippen molar-refractivity contribution < 1.29 is 13.2 Å². The Balaban J connectivity index is 2.00. The third-order valence-corrected chi connectivity index (χ3v) is 5.87. The van der Waals surface area contributed by atoms with E-state index in [2.05, 4.69) is 28.9 Å². The number of hydrogen-bond donors (Lipinski definition) is 1. The zero-order valence-corrected chi connectivity index (χ0v) is 18.5. The van der Waals surface area contributed by atoms with Gasteiger partial charge in [-0.15, -0.1) is 5.10 Å². The molecule has 0 fully saturated rings. The summed E-state index contributed by atoms with van der Waals surface area (Å²) in [5.74, 6) is 1.33. The number of rotatable bonds is 5. The standard InChI is InChI=1S/C22H23N5O3S/c1-13(2)14-8-10-16(11-9-14)27-20(23)18-19(15-6-5-7-17(12-15)30-3)24-22(31(4,28)29)25-21(18)26-27/h5-13H,23H2,1-4H3. The average Bonchev–Trinajstić information content (AvgIpc) is 3.09. The molecule has 0 amide bonds. The third kappa shape index (κ3) is 3.84. The minimum atomic E-state index is -3.67. The molecule has 31 heavy (non-hydrogen) atoms. The number of nitrogen functional groups attached to an aromatic ring is 1. The smallest absolute Gasteiger partial charge is 0.249 e. The topological polar surface area (TPSA) is 113 Å². The molecule has 0 bridgehead atoms. The van der Waals surface area contributed by atoms with Gasteiger partial charge in [0, 0.05) is 11.8 Å². The number of nitrogens with two attached hydrogens (primary N) is 1. The van der Waals surface area contributed by atoms with Crippen LogP contribution in [0.2, 0.25) is 0 Å². The largest absolute Gasteiger partial charge is 0.497 e. The van der Waals surface area contributed by atoms with Crippen LogP contribution in [0.5, 0.6) is 5.75 Å². The Labute approximate surface area is 180 Å². The molecule has 0 spiro atoms. The van der Waals surface area contributed by atoms with Gasteiger partial charge in [0.1, 0.15) is 11.6 Å². The number of benzene rings is 2. The van der Waals surface area contributed by atoms with E-state index in [-0.39, 0.29) is 10.8 Å². The molecule has 9 heteroatoms. The molecule has 0 saturated heterocycles. The van der Waals surface area contributed by atoms with E-state index in [1.165, 1.54) is 5.56 Å². The molecule has 2 aromatic heterocycles. The van der Waals surface area contributed by atoms with Crippen molar-refractivity contribution in [2.75, 3.05) is 19.1 Å². The van der Waals surface area contributed by atoms with Crippen molar-refractivity contribution in [3.05, 3.63) is 54.1 Å². The third-order valence-electron chi connectivity index (χ3n) is 5.03. The molecule has 160 valence electrons. The molecule has 0 unspecified atom stereocenters. The van der Waals surface area contributed by atoms with Crippen molar-refractivity contribution >= 4 is 26.7 Å². The van der Waals surface area contributed by atoms with Gasteiger partial charge in [-0.1, -0.05) is 38.1 Å². The van der Waals surface area contributed by atoms with Gasteiger partial charge in [0.15, 0.2) is 5.65 Å². The summed E-state index contributed by atoms with van der Waals surface area (Å²) in [4.78, 5) is 8.52. The highest BCUT2D eigenvalue weighted by Crippen LogP contribution is 2.34. The number of sulfone groups is 1. The number of methoxy groups -OCH3 is 1. The number of ether oxygens (including phenoxy) is 1. The average molecular weight is 438 g/mol. The predicted octanol–water partition coefficient (Wildman–Crippen LogP) is 3.60. The summed E-state index contributed by atoms with van der Waals surface area (Å²) in [7, 11) is -2.11. The van der Waals surface area contributed by atoms with Crippen LogP contribution < -0.4 is 10.5 Å². The number of aromatic nitrogens is 4. The van der Waals surface area contributed by atoms with Crippen molar-refractivity contribution in [3.63, 3.8) is 0 Å². The Hall–Kier alpha value is -3.46. The quantitative estimate of drug-likeness (QED) is 0.475. The second-order valence-corrected chi connectivity index (χ2v) is 9.51. The molecule has 2 aromatic carbocycles. The minimum Gasteiger partial charge on any atom is -0.497 e. The fourth-order valence-corrected chi connectivity index (χ4v) is 3.84. The highest BCUT2D eigenvalue weighted by atomic mass is 32.2. The SMILES string of the molecule is COc1cccc(-c2nc(S(C)(=O)=O)nc3nn(-c4ccc(C(C)C)cc4)c(N)c23)c1. The van der Waals surface area contributed by atoms with Crippen LogP contribution in [0.4, 0.5) is 5.82 Å². The molecule has 0 radical (unpaired) electrons. The summed E-state index contributed by atoms with van der Waals surface area (Å²) in [6.45, 7) is 4.24. The first-order valence-corrected chi connectivity index (χ1v) is 11.6. The molecule has 4 rings (SSSR count). The monoisotopic (exact) mass is 437 g/mol. The van der Waals surface area contributed by atoms with Crippen LogP contribution in [-0.4, -0.2) is 41.5 Å². The maximum absolute atomic E-state index is 12.2. The van der Waals surface area contributed by atoms with Crippen LogP contribution in [-0.2, 0) is 9.84 Å². The molecule has 2 heterocycles. The lowest BCUT2D eigenvalue weighted by Crippen LogP contribution is -2.06. The van der Waals surface area contributed by atoms with Gasteiger partial charge in [-0.2, -0.15) is 4.98 Å². The van der Waals surface area contributed by atoms with Gasteiger partial charge in [0.2, 0.25) is 15.0 Å². The summed E-state index contributed by atoms with van der Waals surface area (Å²) in [6.07, 6.45) is 1.06. The van der Waals surface area contributed by atoms with Crippen molar-refractivity contribution in [1.82, 2.24) is 19.7 Å². The van der Waals surface area contributed by atoms with Gasteiger partial charge in [-0.3, -0.25) is 0 Å². The van der Waals surface area contributed by atoms with Gasteiger partial charge in [-0.25, -0.2) is 18.1 Å². The predicted molar refractivity (Wildman–Crippen MR) is 120 cm³/mol. The van der Waals surface area contributed by atoms with Crippen molar-refractivity contribution in [3.8, 4) is 22.7 Å². The Morgan fingerprint density at radius 3 is 2.39 bits per heavy atom. The Kier molecular flexibility index (Phi) is 5.14. The first-order chi connectivity index (χ1) is 14.7. The van der Waals surface area contributed by atoms with Gasteiger partial charge < -0.3 is 10.5 Å². The second kappa shape index (κ2) is 7.66.